The molecule has 80 valence electrons. The van der Waals surface area contributed by atoms with Crippen molar-refractivity contribution in [3.05, 3.63) is 70.8 Å². The Balaban J connectivity index is 2.26. The quantitative estimate of drug-likeness (QED) is 0.605. The summed E-state index contributed by atoms with van der Waals surface area (Å²) < 4.78 is 0. The molecule has 0 spiro atoms. The van der Waals surface area contributed by atoms with Crippen LogP contribution >= 0.6 is 0 Å². The zero-order valence-electron chi connectivity index (χ0n) is 9.77. The van der Waals surface area contributed by atoms with Crippen molar-refractivity contribution in [2.75, 3.05) is 0 Å². The first-order valence-corrected chi connectivity index (χ1v) is 5.96. The van der Waals surface area contributed by atoms with Crippen LogP contribution in [0.5, 0.6) is 0 Å². The average Bonchev–Trinajstić information content (AvgIpc) is 2.36. The third kappa shape index (κ3) is 1.23. The highest BCUT2D eigenvalue weighted by Crippen LogP contribution is 2.42. The summed E-state index contributed by atoms with van der Waals surface area (Å²) in [5.41, 5.74) is 5.98. The molecule has 0 heteroatoms. The third-order valence-corrected chi connectivity index (χ3v) is 3.86. The Morgan fingerprint density at radius 1 is 0.562 bits per heavy atom. The van der Waals surface area contributed by atoms with Crippen molar-refractivity contribution >= 4 is 0 Å². The second-order valence-corrected chi connectivity index (χ2v) is 4.70. The Morgan fingerprint density at radius 2 is 0.812 bits per heavy atom. The van der Waals surface area contributed by atoms with E-state index in [-0.39, 0.29) is 0 Å². The molecule has 0 unspecified atom stereocenters. The lowest BCUT2D eigenvalue weighted by atomic mass is 9.74. The molecule has 0 aromatic heterocycles. The molecule has 16 heavy (non-hydrogen) atoms. The van der Waals surface area contributed by atoms with Crippen LogP contribution in [0.4, 0.5) is 0 Å². The summed E-state index contributed by atoms with van der Waals surface area (Å²) in [6.45, 7) is 4.62. The zero-order chi connectivity index (χ0) is 11.1. The first-order chi connectivity index (χ1) is 7.79. The highest BCUT2D eigenvalue weighted by Gasteiger charge is 2.26. The van der Waals surface area contributed by atoms with Gasteiger partial charge in [-0.15, -0.1) is 0 Å². The van der Waals surface area contributed by atoms with Crippen molar-refractivity contribution in [3.63, 3.8) is 0 Å². The monoisotopic (exact) mass is 208 g/mol. The van der Waals surface area contributed by atoms with Gasteiger partial charge in [0, 0.05) is 11.8 Å². The normalized spacial score (nSPS) is 22.4. The van der Waals surface area contributed by atoms with Gasteiger partial charge in [-0.25, -0.2) is 0 Å². The molecule has 0 bridgehead atoms. The molecule has 0 heterocycles. The minimum absolute atomic E-state index is 0.531. The highest BCUT2D eigenvalue weighted by molar-refractivity contribution is 5.51. The number of benzene rings is 2. The Labute approximate surface area is 96.9 Å². The van der Waals surface area contributed by atoms with E-state index in [2.05, 4.69) is 62.4 Å². The Hall–Kier alpha value is -1.56. The van der Waals surface area contributed by atoms with Crippen LogP contribution in [0.25, 0.3) is 0 Å². The van der Waals surface area contributed by atoms with Gasteiger partial charge in [-0.2, -0.15) is 0 Å². The van der Waals surface area contributed by atoms with Gasteiger partial charge in [0.05, 0.1) is 0 Å². The van der Waals surface area contributed by atoms with E-state index in [1.165, 1.54) is 22.3 Å². The van der Waals surface area contributed by atoms with Gasteiger partial charge in [-0.05, 0) is 22.3 Å². The fraction of sp³-hybridized carbons (Fsp3) is 0.250. The summed E-state index contributed by atoms with van der Waals surface area (Å²) in [6.07, 6.45) is 0. The standard InChI is InChI=1S/C16H16/c1-11-13-7-3-5-9-15(13)12(2)16-10-6-4-8-14(11)16/h3-12H,1-2H3. The summed E-state index contributed by atoms with van der Waals surface area (Å²) in [4.78, 5) is 0. The number of fused-ring (bicyclic) bond motifs is 2. The van der Waals surface area contributed by atoms with Gasteiger partial charge in [0.1, 0.15) is 0 Å². The van der Waals surface area contributed by atoms with Crippen LogP contribution in [0.3, 0.4) is 0 Å². The van der Waals surface area contributed by atoms with E-state index in [0.29, 0.717) is 11.8 Å². The fourth-order valence-electron chi connectivity index (χ4n) is 2.93. The first-order valence-electron chi connectivity index (χ1n) is 5.96. The molecular formula is C16H16. The largest absolute Gasteiger partial charge is 0.0620 e. The van der Waals surface area contributed by atoms with Crippen molar-refractivity contribution in [3.8, 4) is 0 Å². The summed E-state index contributed by atoms with van der Waals surface area (Å²) >= 11 is 0. The second kappa shape index (κ2) is 3.48. The minimum atomic E-state index is 0.531. The van der Waals surface area contributed by atoms with Gasteiger partial charge < -0.3 is 0 Å². The SMILES string of the molecule is CC1c2ccccc2C(C)c2ccccc21. The summed E-state index contributed by atoms with van der Waals surface area (Å²) in [5, 5.41) is 0. The summed E-state index contributed by atoms with van der Waals surface area (Å²) in [6, 6.07) is 17.7. The molecule has 1 aliphatic carbocycles. The van der Waals surface area contributed by atoms with Crippen LogP contribution in [0.2, 0.25) is 0 Å². The molecule has 1 aliphatic rings. The first kappa shape index (κ1) is 9.65. The molecule has 2 aromatic carbocycles. The maximum absolute atomic E-state index is 2.31. The van der Waals surface area contributed by atoms with Crippen LogP contribution in [-0.4, -0.2) is 0 Å². The summed E-state index contributed by atoms with van der Waals surface area (Å²) in [7, 11) is 0. The zero-order valence-corrected chi connectivity index (χ0v) is 9.77. The van der Waals surface area contributed by atoms with Gasteiger partial charge in [-0.1, -0.05) is 62.4 Å². The van der Waals surface area contributed by atoms with Crippen molar-refractivity contribution in [2.45, 2.75) is 25.7 Å². The summed E-state index contributed by atoms with van der Waals surface area (Å²) in [5.74, 6) is 1.06. The lowest BCUT2D eigenvalue weighted by Crippen LogP contribution is -2.14. The average molecular weight is 208 g/mol. The molecule has 3 rings (SSSR count). The van der Waals surface area contributed by atoms with Crippen molar-refractivity contribution in [2.24, 2.45) is 0 Å². The van der Waals surface area contributed by atoms with Crippen LogP contribution in [0, 0.1) is 0 Å². The molecule has 0 saturated carbocycles. The van der Waals surface area contributed by atoms with Crippen LogP contribution in [0.1, 0.15) is 47.9 Å². The molecule has 0 atom stereocenters. The van der Waals surface area contributed by atoms with Gasteiger partial charge in [0.15, 0.2) is 0 Å². The van der Waals surface area contributed by atoms with Crippen molar-refractivity contribution in [1.82, 2.24) is 0 Å². The third-order valence-electron chi connectivity index (χ3n) is 3.86. The number of hydrogen-bond acceptors (Lipinski definition) is 0. The van der Waals surface area contributed by atoms with E-state index in [1.54, 1.807) is 0 Å². The Morgan fingerprint density at radius 3 is 1.06 bits per heavy atom. The fourth-order valence-corrected chi connectivity index (χ4v) is 2.93. The minimum Gasteiger partial charge on any atom is -0.0620 e. The predicted octanol–water partition coefficient (Wildman–Crippen LogP) is 4.30. The van der Waals surface area contributed by atoms with E-state index in [4.69, 9.17) is 0 Å². The Kier molecular flexibility index (Phi) is 2.10. The molecule has 2 aromatic rings. The molecule has 0 aliphatic heterocycles. The van der Waals surface area contributed by atoms with Crippen LogP contribution < -0.4 is 0 Å². The molecule has 0 nitrogen and oxygen atoms in total. The Bertz CT molecular complexity index is 430. The number of rotatable bonds is 0. The maximum Gasteiger partial charge on any atom is 0.00669 e. The van der Waals surface area contributed by atoms with Gasteiger partial charge in [-0.3, -0.25) is 0 Å². The van der Waals surface area contributed by atoms with E-state index in [0.717, 1.165) is 0 Å². The van der Waals surface area contributed by atoms with Crippen molar-refractivity contribution < 1.29 is 0 Å². The van der Waals surface area contributed by atoms with E-state index < -0.39 is 0 Å². The smallest absolute Gasteiger partial charge is 0.00669 e. The van der Waals surface area contributed by atoms with E-state index in [1.807, 2.05) is 0 Å². The second-order valence-electron chi connectivity index (χ2n) is 4.70. The van der Waals surface area contributed by atoms with Crippen LogP contribution in [-0.2, 0) is 0 Å². The van der Waals surface area contributed by atoms with Gasteiger partial charge in [0.25, 0.3) is 0 Å². The number of hydrogen-bond donors (Lipinski definition) is 0. The lowest BCUT2D eigenvalue weighted by Gasteiger charge is -2.30. The molecule has 0 radical (unpaired) electrons. The van der Waals surface area contributed by atoms with E-state index >= 15 is 0 Å². The predicted molar refractivity (Wildman–Crippen MR) is 67.9 cm³/mol. The van der Waals surface area contributed by atoms with Crippen LogP contribution in [0.15, 0.2) is 48.5 Å². The van der Waals surface area contributed by atoms with Gasteiger partial charge in [0.2, 0.25) is 0 Å². The van der Waals surface area contributed by atoms with Gasteiger partial charge >= 0.3 is 0 Å². The van der Waals surface area contributed by atoms with Crippen molar-refractivity contribution in [1.29, 1.82) is 0 Å². The topological polar surface area (TPSA) is 0 Å². The molecular weight excluding hydrogens is 192 g/mol. The maximum atomic E-state index is 2.31. The molecule has 0 amide bonds. The molecule has 0 fully saturated rings. The highest BCUT2D eigenvalue weighted by atomic mass is 14.3. The molecule has 0 N–H and O–H groups in total. The lowest BCUT2D eigenvalue weighted by molar-refractivity contribution is 0.771. The van der Waals surface area contributed by atoms with E-state index in [9.17, 15) is 0 Å². The molecule has 0 saturated heterocycles.